The van der Waals surface area contributed by atoms with Gasteiger partial charge in [-0.3, -0.25) is 4.98 Å². The van der Waals surface area contributed by atoms with Crippen molar-refractivity contribution in [1.82, 2.24) is 15.1 Å². The van der Waals surface area contributed by atoms with Crippen LogP contribution in [0.1, 0.15) is 11.1 Å². The fourth-order valence-electron chi connectivity index (χ4n) is 2.91. The molecule has 5 heteroatoms. The molecule has 2 aromatic carbocycles. The number of hydrogen-bond acceptors (Lipinski definition) is 4. The number of pyridine rings is 1. The summed E-state index contributed by atoms with van der Waals surface area (Å²) in [5.74, 6) is 0.861. The molecule has 4 nitrogen and oxygen atoms in total. The molecular formula is C21H16FN3O. The summed E-state index contributed by atoms with van der Waals surface area (Å²) in [7, 11) is 0. The van der Waals surface area contributed by atoms with Crippen molar-refractivity contribution in [3.8, 4) is 34.0 Å². The maximum absolute atomic E-state index is 13.6. The molecule has 0 amide bonds. The second-order valence-corrected chi connectivity index (χ2v) is 5.99. The van der Waals surface area contributed by atoms with E-state index in [-0.39, 0.29) is 0 Å². The van der Waals surface area contributed by atoms with Gasteiger partial charge in [-0.2, -0.15) is 4.98 Å². The zero-order valence-electron chi connectivity index (χ0n) is 14.2. The smallest absolute Gasteiger partial charge is 0.258 e. The summed E-state index contributed by atoms with van der Waals surface area (Å²) in [4.78, 5) is 8.53. The van der Waals surface area contributed by atoms with Crippen LogP contribution >= 0.6 is 0 Å². The Bertz CT molecular complexity index is 1040. The molecule has 0 atom stereocenters. The number of aryl methyl sites for hydroxylation is 1. The Morgan fingerprint density at radius 3 is 2.58 bits per heavy atom. The molecule has 0 aliphatic carbocycles. The number of halogens is 1. The van der Waals surface area contributed by atoms with Gasteiger partial charge in [0, 0.05) is 23.5 Å². The van der Waals surface area contributed by atoms with E-state index in [1.54, 1.807) is 18.5 Å². The standard InChI is InChI=1S/C21H16FN3O/c1-14-13-23-10-9-18(14)20-24-21(26-25-20)16-7-8-19(17(11-16)12-22)15-5-3-2-4-6-15/h2-11,13H,12H2,1H3. The first-order valence-electron chi connectivity index (χ1n) is 8.25. The molecule has 4 aromatic rings. The summed E-state index contributed by atoms with van der Waals surface area (Å²) in [6.07, 6.45) is 3.44. The lowest BCUT2D eigenvalue weighted by atomic mass is 9.98. The quantitative estimate of drug-likeness (QED) is 0.507. The van der Waals surface area contributed by atoms with Gasteiger partial charge >= 0.3 is 0 Å². The first-order valence-corrected chi connectivity index (χ1v) is 8.25. The zero-order chi connectivity index (χ0) is 17.9. The molecule has 128 valence electrons. The van der Waals surface area contributed by atoms with E-state index < -0.39 is 6.67 Å². The van der Waals surface area contributed by atoms with Gasteiger partial charge in [0.25, 0.3) is 5.89 Å². The third-order valence-corrected chi connectivity index (χ3v) is 4.27. The highest BCUT2D eigenvalue weighted by Gasteiger charge is 2.14. The molecule has 0 radical (unpaired) electrons. The lowest BCUT2D eigenvalue weighted by Crippen LogP contribution is -1.89. The Morgan fingerprint density at radius 2 is 1.81 bits per heavy atom. The van der Waals surface area contributed by atoms with Crippen molar-refractivity contribution in [2.45, 2.75) is 13.6 Å². The van der Waals surface area contributed by atoms with Gasteiger partial charge in [0.05, 0.1) is 0 Å². The van der Waals surface area contributed by atoms with Crippen molar-refractivity contribution in [2.24, 2.45) is 0 Å². The predicted molar refractivity (Wildman–Crippen MR) is 98.0 cm³/mol. The summed E-state index contributed by atoms with van der Waals surface area (Å²) in [5.41, 5.74) is 4.95. The van der Waals surface area contributed by atoms with Gasteiger partial charge in [-0.1, -0.05) is 41.6 Å². The Balaban J connectivity index is 1.72. The summed E-state index contributed by atoms with van der Waals surface area (Å²) >= 11 is 0. The van der Waals surface area contributed by atoms with Crippen LogP contribution in [0.3, 0.4) is 0 Å². The number of alkyl halides is 1. The van der Waals surface area contributed by atoms with Crippen LogP contribution in [0.15, 0.2) is 71.5 Å². The van der Waals surface area contributed by atoms with E-state index in [4.69, 9.17) is 4.52 Å². The van der Waals surface area contributed by atoms with Crippen molar-refractivity contribution in [3.05, 3.63) is 78.1 Å². The van der Waals surface area contributed by atoms with Gasteiger partial charge in [0.2, 0.25) is 5.82 Å². The van der Waals surface area contributed by atoms with Crippen LogP contribution in [-0.2, 0) is 6.67 Å². The first kappa shape index (κ1) is 16.1. The van der Waals surface area contributed by atoms with Crippen molar-refractivity contribution >= 4 is 0 Å². The zero-order valence-corrected chi connectivity index (χ0v) is 14.2. The average Bonchev–Trinajstić information content (AvgIpc) is 3.18. The number of aromatic nitrogens is 3. The maximum atomic E-state index is 13.6. The minimum absolute atomic E-state index is 0.366. The number of benzene rings is 2. The Kier molecular flexibility index (Phi) is 4.27. The molecule has 0 bridgehead atoms. The fraction of sp³-hybridized carbons (Fsp3) is 0.0952. The number of rotatable bonds is 4. The van der Waals surface area contributed by atoms with Gasteiger partial charge in [0.1, 0.15) is 6.67 Å². The molecule has 0 saturated heterocycles. The molecular weight excluding hydrogens is 329 g/mol. The van der Waals surface area contributed by atoms with Crippen molar-refractivity contribution in [3.63, 3.8) is 0 Å². The van der Waals surface area contributed by atoms with E-state index in [0.717, 1.165) is 22.3 Å². The van der Waals surface area contributed by atoms with Crippen LogP contribution in [0, 0.1) is 6.92 Å². The summed E-state index contributed by atoms with van der Waals surface area (Å²) in [6.45, 7) is 1.37. The molecule has 0 spiro atoms. The summed E-state index contributed by atoms with van der Waals surface area (Å²) < 4.78 is 19.0. The SMILES string of the molecule is Cc1cnccc1-c1noc(-c2ccc(-c3ccccc3)c(CF)c2)n1. The highest BCUT2D eigenvalue weighted by atomic mass is 19.1. The number of nitrogens with zero attached hydrogens (tertiary/aromatic N) is 3. The van der Waals surface area contributed by atoms with E-state index in [1.807, 2.05) is 55.5 Å². The lowest BCUT2D eigenvalue weighted by molar-refractivity contribution is 0.432. The highest BCUT2D eigenvalue weighted by Crippen LogP contribution is 2.30. The molecule has 0 fully saturated rings. The van der Waals surface area contributed by atoms with Crippen LogP contribution in [0.5, 0.6) is 0 Å². The molecule has 0 saturated carbocycles. The predicted octanol–water partition coefficient (Wildman–Crippen LogP) is 5.24. The molecule has 26 heavy (non-hydrogen) atoms. The Morgan fingerprint density at radius 1 is 0.962 bits per heavy atom. The van der Waals surface area contributed by atoms with Gasteiger partial charge in [-0.15, -0.1) is 0 Å². The molecule has 2 heterocycles. The Labute approximate surface area is 150 Å². The second kappa shape index (κ2) is 6.88. The van der Waals surface area contributed by atoms with Crippen molar-refractivity contribution in [2.75, 3.05) is 0 Å². The van der Waals surface area contributed by atoms with Gasteiger partial charge in [-0.25, -0.2) is 4.39 Å². The Hall–Kier alpha value is -3.34. The third-order valence-electron chi connectivity index (χ3n) is 4.27. The average molecular weight is 345 g/mol. The van der Waals surface area contributed by atoms with E-state index in [1.165, 1.54) is 0 Å². The van der Waals surface area contributed by atoms with Crippen LogP contribution in [0.4, 0.5) is 4.39 Å². The fourth-order valence-corrected chi connectivity index (χ4v) is 2.91. The first-order chi connectivity index (χ1) is 12.8. The van der Waals surface area contributed by atoms with Gasteiger partial charge < -0.3 is 4.52 Å². The normalized spacial score (nSPS) is 10.8. The van der Waals surface area contributed by atoms with Crippen molar-refractivity contribution in [1.29, 1.82) is 0 Å². The largest absolute Gasteiger partial charge is 0.334 e. The minimum atomic E-state index is -0.567. The monoisotopic (exact) mass is 345 g/mol. The van der Waals surface area contributed by atoms with Crippen LogP contribution < -0.4 is 0 Å². The second-order valence-electron chi connectivity index (χ2n) is 5.99. The van der Waals surface area contributed by atoms with Gasteiger partial charge in [-0.05, 0) is 47.4 Å². The molecule has 2 aromatic heterocycles. The van der Waals surface area contributed by atoms with E-state index in [9.17, 15) is 4.39 Å². The highest BCUT2D eigenvalue weighted by molar-refractivity contribution is 5.72. The minimum Gasteiger partial charge on any atom is -0.334 e. The third kappa shape index (κ3) is 2.99. The maximum Gasteiger partial charge on any atom is 0.258 e. The number of hydrogen-bond donors (Lipinski definition) is 0. The summed E-state index contributed by atoms with van der Waals surface area (Å²) in [6, 6.07) is 17.1. The van der Waals surface area contributed by atoms with E-state index in [0.29, 0.717) is 22.8 Å². The molecule has 0 N–H and O–H groups in total. The van der Waals surface area contributed by atoms with Crippen LogP contribution in [0.25, 0.3) is 34.0 Å². The lowest BCUT2D eigenvalue weighted by Gasteiger charge is -2.08. The van der Waals surface area contributed by atoms with Crippen LogP contribution in [0.2, 0.25) is 0 Å². The van der Waals surface area contributed by atoms with Crippen molar-refractivity contribution < 1.29 is 8.91 Å². The molecule has 0 unspecified atom stereocenters. The van der Waals surface area contributed by atoms with E-state index >= 15 is 0 Å². The van der Waals surface area contributed by atoms with Crippen LogP contribution in [-0.4, -0.2) is 15.1 Å². The van der Waals surface area contributed by atoms with E-state index in [2.05, 4.69) is 15.1 Å². The molecule has 4 rings (SSSR count). The molecule has 0 aliphatic heterocycles. The topological polar surface area (TPSA) is 51.8 Å². The van der Waals surface area contributed by atoms with Gasteiger partial charge in [0.15, 0.2) is 0 Å². The molecule has 0 aliphatic rings. The summed E-state index contributed by atoms with van der Waals surface area (Å²) in [5, 5.41) is 4.05.